The molecule has 0 fully saturated rings. The first-order valence-corrected chi connectivity index (χ1v) is 5.51. The van der Waals surface area contributed by atoms with Crippen LogP contribution in [0.1, 0.15) is 27.7 Å². The molecule has 0 amide bonds. The maximum absolute atomic E-state index is 13.2. The van der Waals surface area contributed by atoms with Gasteiger partial charge in [-0.15, -0.1) is 0 Å². The molecule has 0 radical (unpaired) electrons. The van der Waals surface area contributed by atoms with Gasteiger partial charge in [0.25, 0.3) is 0 Å². The zero-order valence-electron chi connectivity index (χ0n) is 10.4. The molecule has 0 aromatic carbocycles. The van der Waals surface area contributed by atoms with Gasteiger partial charge in [0.1, 0.15) is 5.52 Å². The summed E-state index contributed by atoms with van der Waals surface area (Å²) in [5.74, 6) is 0.427. The zero-order valence-corrected chi connectivity index (χ0v) is 10.4. The van der Waals surface area contributed by atoms with Crippen molar-refractivity contribution in [2.75, 3.05) is 5.32 Å². The third-order valence-corrected chi connectivity index (χ3v) is 2.90. The van der Waals surface area contributed by atoms with Crippen LogP contribution in [0.15, 0.2) is 6.33 Å². The third-order valence-electron chi connectivity index (χ3n) is 2.90. The van der Waals surface area contributed by atoms with Crippen molar-refractivity contribution < 1.29 is 4.39 Å². The minimum atomic E-state index is -0.759. The Balaban J connectivity index is 2.38. The number of fused-ring (bicyclic) bond motifs is 1. The SMILES string of the molecule is CC(Nc1nc(F)nc2[nH]cnc12)C(C)(C)C. The smallest absolute Gasteiger partial charge is 0.312 e. The van der Waals surface area contributed by atoms with Crippen molar-refractivity contribution in [3.05, 3.63) is 12.4 Å². The number of hydrogen-bond acceptors (Lipinski definition) is 4. The summed E-state index contributed by atoms with van der Waals surface area (Å²) in [6, 6.07) is 0.136. The quantitative estimate of drug-likeness (QED) is 0.787. The molecular formula is C11H16FN5. The molecule has 6 heteroatoms. The fraction of sp³-hybridized carbons (Fsp3) is 0.545. The lowest BCUT2D eigenvalue weighted by atomic mass is 9.88. The standard InChI is InChI=1S/C11H16FN5/c1-6(11(2,3)4)15-9-7-8(14-5-13-7)16-10(12)17-9/h5-6H,1-4H3,(H2,13,14,15,16,17). The van der Waals surface area contributed by atoms with Crippen LogP contribution < -0.4 is 5.32 Å². The van der Waals surface area contributed by atoms with Crippen LogP contribution in [-0.2, 0) is 0 Å². The van der Waals surface area contributed by atoms with Gasteiger partial charge in [-0.3, -0.25) is 0 Å². The van der Waals surface area contributed by atoms with Crippen LogP contribution in [0, 0.1) is 11.5 Å². The van der Waals surface area contributed by atoms with Crippen molar-refractivity contribution in [1.29, 1.82) is 0 Å². The second-order valence-corrected chi connectivity index (χ2v) is 5.17. The average Bonchev–Trinajstić information content (AvgIpc) is 2.63. The summed E-state index contributed by atoms with van der Waals surface area (Å²) in [5, 5.41) is 3.18. The monoisotopic (exact) mass is 237 g/mol. The van der Waals surface area contributed by atoms with Crippen molar-refractivity contribution in [3.63, 3.8) is 0 Å². The minimum absolute atomic E-state index is 0.0457. The average molecular weight is 237 g/mol. The molecule has 0 saturated carbocycles. The van der Waals surface area contributed by atoms with Crippen LogP contribution in [0.4, 0.5) is 10.2 Å². The molecular weight excluding hydrogens is 221 g/mol. The Morgan fingerprint density at radius 1 is 1.35 bits per heavy atom. The summed E-state index contributed by atoms with van der Waals surface area (Å²) >= 11 is 0. The molecule has 0 aliphatic heterocycles. The molecule has 0 spiro atoms. The van der Waals surface area contributed by atoms with Gasteiger partial charge >= 0.3 is 6.08 Å². The van der Waals surface area contributed by atoms with Crippen LogP contribution in [0.3, 0.4) is 0 Å². The zero-order chi connectivity index (χ0) is 12.6. The van der Waals surface area contributed by atoms with Gasteiger partial charge in [-0.1, -0.05) is 20.8 Å². The fourth-order valence-electron chi connectivity index (χ4n) is 1.33. The number of aromatic nitrogens is 4. The van der Waals surface area contributed by atoms with Crippen molar-refractivity contribution in [3.8, 4) is 0 Å². The number of nitrogens with zero attached hydrogens (tertiary/aromatic N) is 3. The summed E-state index contributed by atoms with van der Waals surface area (Å²) < 4.78 is 13.2. The number of H-pyrrole nitrogens is 1. The van der Waals surface area contributed by atoms with E-state index in [4.69, 9.17) is 0 Å². The van der Waals surface area contributed by atoms with Crippen LogP contribution in [0.2, 0.25) is 0 Å². The Hall–Kier alpha value is -1.72. The van der Waals surface area contributed by atoms with Gasteiger partial charge < -0.3 is 10.3 Å². The highest BCUT2D eigenvalue weighted by Crippen LogP contribution is 2.24. The topological polar surface area (TPSA) is 66.5 Å². The predicted octanol–water partition coefficient (Wildman–Crippen LogP) is 2.34. The number of anilines is 1. The number of halogens is 1. The van der Waals surface area contributed by atoms with Crippen molar-refractivity contribution in [2.45, 2.75) is 33.7 Å². The predicted molar refractivity (Wildman–Crippen MR) is 64.2 cm³/mol. The molecule has 2 aromatic heterocycles. The Bertz CT molecular complexity index is 528. The number of hydrogen-bond donors (Lipinski definition) is 2. The second-order valence-electron chi connectivity index (χ2n) is 5.17. The van der Waals surface area contributed by atoms with Gasteiger partial charge in [-0.05, 0) is 12.3 Å². The van der Waals surface area contributed by atoms with Gasteiger partial charge in [-0.2, -0.15) is 14.4 Å². The third kappa shape index (κ3) is 2.35. The van der Waals surface area contributed by atoms with Gasteiger partial charge in [0.15, 0.2) is 11.5 Å². The molecule has 2 aromatic rings. The first-order valence-electron chi connectivity index (χ1n) is 5.51. The number of rotatable bonds is 2. The van der Waals surface area contributed by atoms with Crippen molar-refractivity contribution >= 4 is 17.0 Å². The summed E-state index contributed by atoms with van der Waals surface area (Å²) in [6.45, 7) is 8.33. The van der Waals surface area contributed by atoms with Gasteiger partial charge in [0, 0.05) is 6.04 Å². The Morgan fingerprint density at radius 3 is 2.71 bits per heavy atom. The molecule has 2 heterocycles. The van der Waals surface area contributed by atoms with E-state index in [1.165, 1.54) is 6.33 Å². The maximum atomic E-state index is 13.2. The van der Waals surface area contributed by atoms with E-state index in [-0.39, 0.29) is 11.5 Å². The van der Waals surface area contributed by atoms with Crippen molar-refractivity contribution in [1.82, 2.24) is 19.9 Å². The van der Waals surface area contributed by atoms with E-state index in [0.29, 0.717) is 17.0 Å². The van der Waals surface area contributed by atoms with E-state index in [0.717, 1.165) is 0 Å². The van der Waals surface area contributed by atoms with Gasteiger partial charge in [0.2, 0.25) is 0 Å². The second kappa shape index (κ2) is 3.94. The first-order chi connectivity index (χ1) is 7.88. The summed E-state index contributed by atoms with van der Waals surface area (Å²) in [5.41, 5.74) is 1.01. The first kappa shape index (κ1) is 11.8. The molecule has 17 heavy (non-hydrogen) atoms. The molecule has 1 unspecified atom stereocenters. The van der Waals surface area contributed by atoms with E-state index >= 15 is 0 Å². The van der Waals surface area contributed by atoms with Gasteiger partial charge in [0.05, 0.1) is 6.33 Å². The Labute approximate surface area is 98.9 Å². The lowest BCUT2D eigenvalue weighted by Gasteiger charge is -2.28. The Kier molecular flexibility index (Phi) is 2.73. The van der Waals surface area contributed by atoms with E-state index in [1.807, 2.05) is 6.92 Å². The number of aromatic amines is 1. The highest BCUT2D eigenvalue weighted by atomic mass is 19.1. The molecule has 1 atom stereocenters. The highest BCUT2D eigenvalue weighted by molar-refractivity contribution is 5.82. The van der Waals surface area contributed by atoms with Gasteiger partial charge in [-0.25, -0.2) is 4.98 Å². The molecule has 0 bridgehead atoms. The number of imidazole rings is 1. The lowest BCUT2D eigenvalue weighted by molar-refractivity contribution is 0.358. The van der Waals surface area contributed by atoms with E-state index < -0.39 is 6.08 Å². The maximum Gasteiger partial charge on any atom is 0.312 e. The lowest BCUT2D eigenvalue weighted by Crippen LogP contribution is -2.31. The van der Waals surface area contributed by atoms with E-state index in [9.17, 15) is 4.39 Å². The van der Waals surface area contributed by atoms with E-state index in [2.05, 4.69) is 46.0 Å². The Morgan fingerprint density at radius 2 is 2.06 bits per heavy atom. The summed E-state index contributed by atoms with van der Waals surface area (Å²) in [7, 11) is 0. The molecule has 2 rings (SSSR count). The molecule has 5 nitrogen and oxygen atoms in total. The van der Waals surface area contributed by atoms with Crippen LogP contribution in [0.5, 0.6) is 0 Å². The number of nitrogens with one attached hydrogen (secondary N) is 2. The molecule has 0 saturated heterocycles. The van der Waals surface area contributed by atoms with Crippen LogP contribution in [-0.4, -0.2) is 26.0 Å². The van der Waals surface area contributed by atoms with Crippen molar-refractivity contribution in [2.24, 2.45) is 5.41 Å². The fourth-order valence-corrected chi connectivity index (χ4v) is 1.33. The molecule has 92 valence electrons. The van der Waals surface area contributed by atoms with E-state index in [1.54, 1.807) is 0 Å². The largest absolute Gasteiger partial charge is 0.365 e. The van der Waals surface area contributed by atoms with Crippen LogP contribution in [0.25, 0.3) is 11.2 Å². The summed E-state index contributed by atoms with van der Waals surface area (Å²) in [6.07, 6.45) is 0.719. The van der Waals surface area contributed by atoms with Crippen LogP contribution >= 0.6 is 0 Å². The normalized spacial score (nSPS) is 13.9. The minimum Gasteiger partial charge on any atom is -0.365 e. The molecule has 0 aliphatic carbocycles. The molecule has 0 aliphatic rings. The molecule has 2 N–H and O–H groups in total. The highest BCUT2D eigenvalue weighted by Gasteiger charge is 2.22. The summed E-state index contributed by atoms with van der Waals surface area (Å²) in [4.78, 5) is 14.2.